The van der Waals surface area contributed by atoms with Crippen LogP contribution in [0.5, 0.6) is 0 Å². The predicted molar refractivity (Wildman–Crippen MR) is 74.0 cm³/mol. The molecule has 17 heavy (non-hydrogen) atoms. The van der Waals surface area contributed by atoms with E-state index in [4.69, 9.17) is 13.3 Å². The van der Waals surface area contributed by atoms with Crippen LogP contribution in [0.3, 0.4) is 0 Å². The molecule has 0 rings (SSSR count). The Morgan fingerprint density at radius 1 is 1.06 bits per heavy atom. The summed E-state index contributed by atoms with van der Waals surface area (Å²) >= 11 is 0. The topological polar surface area (TPSA) is 27.7 Å². The first-order chi connectivity index (χ1) is 8.01. The van der Waals surface area contributed by atoms with E-state index in [0.717, 1.165) is 12.5 Å². The first-order valence-corrected chi connectivity index (χ1v) is 8.19. The van der Waals surface area contributed by atoms with Crippen LogP contribution in [0.15, 0.2) is 25.3 Å². The van der Waals surface area contributed by atoms with Crippen LogP contribution in [-0.2, 0) is 13.3 Å². The van der Waals surface area contributed by atoms with Crippen molar-refractivity contribution in [3.63, 3.8) is 0 Å². The fourth-order valence-corrected chi connectivity index (χ4v) is 4.46. The second-order valence-corrected chi connectivity index (χ2v) is 6.64. The van der Waals surface area contributed by atoms with Crippen molar-refractivity contribution in [3.8, 4) is 0 Å². The Kier molecular flexibility index (Phi) is 7.62. The van der Waals surface area contributed by atoms with Gasteiger partial charge in [0.05, 0.1) is 5.60 Å². The molecule has 0 atom stereocenters. The largest absolute Gasteiger partial charge is 0.501 e. The van der Waals surface area contributed by atoms with Gasteiger partial charge in [0.25, 0.3) is 0 Å². The summed E-state index contributed by atoms with van der Waals surface area (Å²) in [6.07, 6.45) is 4.43. The molecule has 0 radical (unpaired) electrons. The molecule has 0 aliphatic heterocycles. The Morgan fingerprint density at radius 3 is 1.82 bits per heavy atom. The quantitative estimate of drug-likeness (QED) is 0.443. The maximum atomic E-state index is 6.10. The number of rotatable bonds is 10. The van der Waals surface area contributed by atoms with Crippen LogP contribution < -0.4 is 0 Å². The Labute approximate surface area is 107 Å². The summed E-state index contributed by atoms with van der Waals surface area (Å²) in [6.45, 7) is 16.7. The van der Waals surface area contributed by atoms with Crippen molar-refractivity contribution in [2.45, 2.75) is 45.8 Å². The Balaban J connectivity index is 4.98. The monoisotopic (exact) mass is 258 g/mol. The van der Waals surface area contributed by atoms with Gasteiger partial charge < -0.3 is 13.3 Å². The molecule has 0 amide bonds. The van der Waals surface area contributed by atoms with Gasteiger partial charge >= 0.3 is 8.80 Å². The van der Waals surface area contributed by atoms with Gasteiger partial charge in [0.15, 0.2) is 0 Å². The van der Waals surface area contributed by atoms with Crippen LogP contribution >= 0.6 is 0 Å². The van der Waals surface area contributed by atoms with Gasteiger partial charge in [-0.25, -0.2) is 0 Å². The van der Waals surface area contributed by atoms with E-state index in [1.165, 1.54) is 0 Å². The molecule has 0 bridgehead atoms. The first-order valence-electron chi connectivity index (χ1n) is 6.26. The lowest BCUT2D eigenvalue weighted by atomic mass is 10.1. The van der Waals surface area contributed by atoms with Crippen molar-refractivity contribution in [2.75, 3.05) is 13.2 Å². The summed E-state index contributed by atoms with van der Waals surface area (Å²) in [5, 5.41) is 0. The summed E-state index contributed by atoms with van der Waals surface area (Å²) in [6, 6.07) is 0.811. The van der Waals surface area contributed by atoms with Gasteiger partial charge in [-0.1, -0.05) is 38.7 Å². The maximum absolute atomic E-state index is 6.10. The molecule has 0 unspecified atom stereocenters. The smallest absolute Gasteiger partial charge is 0.374 e. The average molecular weight is 258 g/mol. The molecule has 0 saturated carbocycles. The van der Waals surface area contributed by atoms with Crippen LogP contribution in [0.2, 0.25) is 6.04 Å². The summed E-state index contributed by atoms with van der Waals surface area (Å²) in [7, 11) is -2.62. The van der Waals surface area contributed by atoms with Gasteiger partial charge in [-0.05, 0) is 20.8 Å². The minimum atomic E-state index is -2.62. The molecule has 0 aromatic carbocycles. The Bertz CT molecular complexity index is 216. The van der Waals surface area contributed by atoms with Gasteiger partial charge in [-0.2, -0.15) is 0 Å². The lowest BCUT2D eigenvalue weighted by Crippen LogP contribution is -2.51. The predicted octanol–water partition coefficient (Wildman–Crippen LogP) is 3.56. The molecule has 0 aliphatic rings. The van der Waals surface area contributed by atoms with E-state index in [2.05, 4.69) is 20.1 Å². The number of hydrogen-bond donors (Lipinski definition) is 0. The van der Waals surface area contributed by atoms with Gasteiger partial charge in [-0.15, -0.1) is 0 Å². The molecule has 0 heterocycles. The second kappa shape index (κ2) is 7.82. The lowest BCUT2D eigenvalue weighted by Gasteiger charge is -2.35. The normalized spacial score (nSPS) is 12.5. The molecule has 0 aromatic rings. The zero-order chi connectivity index (χ0) is 13.4. The van der Waals surface area contributed by atoms with E-state index < -0.39 is 14.4 Å². The fraction of sp³-hybridized carbons (Fsp3) is 0.692. The average Bonchev–Trinajstić information content (AvgIpc) is 2.30. The minimum Gasteiger partial charge on any atom is -0.374 e. The zero-order valence-electron chi connectivity index (χ0n) is 11.6. The Morgan fingerprint density at radius 2 is 1.53 bits per heavy atom. The van der Waals surface area contributed by atoms with Gasteiger partial charge in [0.2, 0.25) is 0 Å². The van der Waals surface area contributed by atoms with Crippen molar-refractivity contribution >= 4 is 8.80 Å². The third-order valence-corrected chi connectivity index (χ3v) is 5.79. The molecular formula is C13H26O3Si. The SMILES string of the molecule is C=CC(C)(C=C)O[Si](CCC)(OCC)OCC. The molecule has 0 spiro atoms. The van der Waals surface area contributed by atoms with Gasteiger partial charge in [0.1, 0.15) is 0 Å². The van der Waals surface area contributed by atoms with Gasteiger partial charge in [-0.3, -0.25) is 0 Å². The standard InChI is InChI=1S/C13H26O3Si/c1-7-12-17(14-10-4,15-11-5)16-13(6,8-2)9-3/h8-9H,2-3,7,10-12H2,1,4-6H3. The molecule has 0 aliphatic carbocycles. The second-order valence-electron chi connectivity index (χ2n) is 3.99. The van der Waals surface area contributed by atoms with E-state index in [9.17, 15) is 0 Å². The molecule has 0 N–H and O–H groups in total. The highest BCUT2D eigenvalue weighted by molar-refractivity contribution is 6.60. The van der Waals surface area contributed by atoms with Crippen molar-refractivity contribution in [1.29, 1.82) is 0 Å². The van der Waals surface area contributed by atoms with E-state index >= 15 is 0 Å². The highest BCUT2D eigenvalue weighted by Crippen LogP contribution is 2.26. The summed E-state index contributed by atoms with van der Waals surface area (Å²) in [5.74, 6) is 0. The van der Waals surface area contributed by atoms with Crippen LogP contribution in [0.25, 0.3) is 0 Å². The minimum absolute atomic E-state index is 0.592. The molecule has 0 saturated heterocycles. The van der Waals surface area contributed by atoms with Crippen LogP contribution in [-0.4, -0.2) is 27.6 Å². The van der Waals surface area contributed by atoms with E-state index in [1.54, 1.807) is 12.2 Å². The van der Waals surface area contributed by atoms with Crippen molar-refractivity contribution in [2.24, 2.45) is 0 Å². The van der Waals surface area contributed by atoms with Crippen molar-refractivity contribution in [3.05, 3.63) is 25.3 Å². The highest BCUT2D eigenvalue weighted by atomic mass is 28.4. The fourth-order valence-electron chi connectivity index (χ4n) is 1.54. The molecular weight excluding hydrogens is 232 g/mol. The highest BCUT2D eigenvalue weighted by Gasteiger charge is 2.44. The van der Waals surface area contributed by atoms with Crippen LogP contribution in [0.1, 0.15) is 34.1 Å². The van der Waals surface area contributed by atoms with E-state index in [1.807, 2.05) is 20.8 Å². The lowest BCUT2D eigenvalue weighted by molar-refractivity contribution is 0.0255. The van der Waals surface area contributed by atoms with Crippen molar-refractivity contribution < 1.29 is 13.3 Å². The van der Waals surface area contributed by atoms with Crippen molar-refractivity contribution in [1.82, 2.24) is 0 Å². The summed E-state index contributed by atoms with van der Waals surface area (Å²) in [4.78, 5) is 0. The van der Waals surface area contributed by atoms with Gasteiger partial charge in [0, 0.05) is 19.3 Å². The first kappa shape index (κ1) is 16.6. The summed E-state index contributed by atoms with van der Waals surface area (Å²) in [5.41, 5.74) is -0.592. The van der Waals surface area contributed by atoms with Crippen LogP contribution in [0, 0.1) is 0 Å². The molecule has 4 heteroatoms. The summed E-state index contributed by atoms with van der Waals surface area (Å²) < 4.78 is 17.7. The van der Waals surface area contributed by atoms with E-state index in [-0.39, 0.29) is 0 Å². The Hall–Kier alpha value is -0.423. The van der Waals surface area contributed by atoms with Crippen LogP contribution in [0.4, 0.5) is 0 Å². The maximum Gasteiger partial charge on any atom is 0.501 e. The molecule has 100 valence electrons. The van der Waals surface area contributed by atoms with E-state index in [0.29, 0.717) is 13.2 Å². The zero-order valence-corrected chi connectivity index (χ0v) is 12.6. The molecule has 0 fully saturated rings. The third-order valence-electron chi connectivity index (χ3n) is 2.47. The molecule has 3 nitrogen and oxygen atoms in total. The number of hydrogen-bond acceptors (Lipinski definition) is 3. The molecule has 0 aromatic heterocycles. The third kappa shape index (κ3) is 5.17.